The Labute approximate surface area is 192 Å². The number of carbonyl (C=O) groups is 2. The molecule has 3 aromatic rings. The van der Waals surface area contributed by atoms with E-state index in [-0.39, 0.29) is 36.5 Å². The summed E-state index contributed by atoms with van der Waals surface area (Å²) in [5.41, 5.74) is 1.08. The number of hydrogen-bond acceptors (Lipinski definition) is 4. The Balaban J connectivity index is 1.24. The second-order valence-electron chi connectivity index (χ2n) is 8.06. The number of hydrogen-bond donors (Lipinski definition) is 1. The van der Waals surface area contributed by atoms with Crippen molar-refractivity contribution in [2.75, 3.05) is 19.7 Å². The van der Waals surface area contributed by atoms with Gasteiger partial charge in [0.25, 0.3) is 0 Å². The zero-order chi connectivity index (χ0) is 23.0. The van der Waals surface area contributed by atoms with Crippen LogP contribution in [0.4, 0.5) is 4.39 Å². The highest BCUT2D eigenvalue weighted by Crippen LogP contribution is 2.19. The Morgan fingerprint density at radius 3 is 2.79 bits per heavy atom. The zero-order valence-electron chi connectivity index (χ0n) is 18.3. The SMILES string of the molecule is O=C(NCc1ccc(-n2ccnc2)c(F)c1)C1CCCN(C(=O)CCOc2ccccc2)C1. The highest BCUT2D eigenvalue weighted by atomic mass is 19.1. The second-order valence-corrected chi connectivity index (χ2v) is 8.06. The molecule has 0 aliphatic carbocycles. The van der Waals surface area contributed by atoms with Crippen LogP contribution in [0.5, 0.6) is 5.75 Å². The maximum atomic E-state index is 14.4. The number of para-hydroxylation sites is 1. The first kappa shape index (κ1) is 22.5. The molecule has 172 valence electrons. The van der Waals surface area contributed by atoms with Crippen molar-refractivity contribution in [1.29, 1.82) is 0 Å². The van der Waals surface area contributed by atoms with Gasteiger partial charge in [0.1, 0.15) is 11.6 Å². The molecule has 0 bridgehead atoms. The third-order valence-corrected chi connectivity index (χ3v) is 5.73. The fourth-order valence-corrected chi connectivity index (χ4v) is 3.95. The van der Waals surface area contributed by atoms with Crippen molar-refractivity contribution < 1.29 is 18.7 Å². The fraction of sp³-hybridized carbons (Fsp3) is 0.320. The number of halogens is 1. The molecule has 33 heavy (non-hydrogen) atoms. The van der Waals surface area contributed by atoms with Gasteiger partial charge in [0.2, 0.25) is 11.8 Å². The average Bonchev–Trinajstić information content (AvgIpc) is 3.38. The minimum Gasteiger partial charge on any atom is -0.493 e. The van der Waals surface area contributed by atoms with Crippen LogP contribution in [0, 0.1) is 11.7 Å². The molecular formula is C25H27FN4O3. The molecule has 1 N–H and O–H groups in total. The summed E-state index contributed by atoms with van der Waals surface area (Å²) in [6.07, 6.45) is 6.56. The second kappa shape index (κ2) is 10.8. The Bertz CT molecular complexity index is 1070. The number of rotatable bonds is 8. The normalized spacial score (nSPS) is 15.8. The molecule has 7 nitrogen and oxygen atoms in total. The number of nitrogens with one attached hydrogen (secondary N) is 1. The van der Waals surface area contributed by atoms with Crippen LogP contribution in [0.3, 0.4) is 0 Å². The molecule has 1 aliphatic rings. The van der Waals surface area contributed by atoms with E-state index < -0.39 is 0 Å². The van der Waals surface area contributed by atoms with Crippen molar-refractivity contribution >= 4 is 11.8 Å². The third kappa shape index (κ3) is 5.97. The molecule has 1 fully saturated rings. The Hall–Kier alpha value is -3.68. The van der Waals surface area contributed by atoms with Crippen LogP contribution in [0.2, 0.25) is 0 Å². The van der Waals surface area contributed by atoms with E-state index in [1.165, 1.54) is 12.4 Å². The summed E-state index contributed by atoms with van der Waals surface area (Å²) in [5, 5.41) is 2.89. The van der Waals surface area contributed by atoms with Gasteiger partial charge in [-0.1, -0.05) is 24.3 Å². The lowest BCUT2D eigenvalue weighted by Crippen LogP contribution is -2.45. The first-order valence-corrected chi connectivity index (χ1v) is 11.1. The number of benzene rings is 2. The van der Waals surface area contributed by atoms with E-state index in [4.69, 9.17) is 4.74 Å². The Morgan fingerprint density at radius 2 is 2.03 bits per heavy atom. The lowest BCUT2D eigenvalue weighted by molar-refractivity contribution is -0.136. The number of ether oxygens (including phenoxy) is 1. The van der Waals surface area contributed by atoms with Crippen LogP contribution in [0.15, 0.2) is 67.3 Å². The van der Waals surface area contributed by atoms with E-state index >= 15 is 0 Å². The molecule has 0 spiro atoms. The number of aromatic nitrogens is 2. The monoisotopic (exact) mass is 450 g/mol. The van der Waals surface area contributed by atoms with Crippen LogP contribution >= 0.6 is 0 Å². The van der Waals surface area contributed by atoms with E-state index in [0.29, 0.717) is 30.9 Å². The number of nitrogens with zero attached hydrogens (tertiary/aromatic N) is 3. The highest BCUT2D eigenvalue weighted by Gasteiger charge is 2.28. The highest BCUT2D eigenvalue weighted by molar-refractivity contribution is 5.81. The number of amides is 2. The molecule has 4 rings (SSSR count). The number of piperidine rings is 1. The molecule has 1 saturated heterocycles. The minimum absolute atomic E-state index is 0.0133. The van der Waals surface area contributed by atoms with Gasteiger partial charge >= 0.3 is 0 Å². The zero-order valence-corrected chi connectivity index (χ0v) is 18.3. The first-order valence-electron chi connectivity index (χ1n) is 11.1. The summed E-state index contributed by atoms with van der Waals surface area (Å²) >= 11 is 0. The summed E-state index contributed by atoms with van der Waals surface area (Å²) in [7, 11) is 0. The van der Waals surface area contributed by atoms with Gasteiger partial charge in [-0.05, 0) is 42.7 Å². The van der Waals surface area contributed by atoms with Crippen LogP contribution < -0.4 is 10.1 Å². The van der Waals surface area contributed by atoms with Crippen LogP contribution in [0.25, 0.3) is 5.69 Å². The number of likely N-dealkylation sites (tertiary alicyclic amines) is 1. The molecule has 0 saturated carbocycles. The van der Waals surface area contributed by atoms with Crippen molar-refractivity contribution in [1.82, 2.24) is 19.8 Å². The number of carbonyl (C=O) groups excluding carboxylic acids is 2. The lowest BCUT2D eigenvalue weighted by Gasteiger charge is -2.32. The predicted octanol–water partition coefficient (Wildman–Crippen LogP) is 3.34. The van der Waals surface area contributed by atoms with Gasteiger partial charge in [0.05, 0.1) is 31.0 Å². The maximum Gasteiger partial charge on any atom is 0.226 e. The quantitative estimate of drug-likeness (QED) is 0.571. The van der Waals surface area contributed by atoms with E-state index in [1.807, 2.05) is 30.3 Å². The molecule has 2 amide bonds. The van der Waals surface area contributed by atoms with Gasteiger partial charge in [0.15, 0.2) is 0 Å². The molecule has 2 aromatic carbocycles. The molecule has 1 atom stereocenters. The summed E-state index contributed by atoms with van der Waals surface area (Å²) < 4.78 is 21.6. The Morgan fingerprint density at radius 1 is 1.18 bits per heavy atom. The standard InChI is InChI=1S/C25H27FN4O3/c26-22-15-19(8-9-23(22)30-13-11-27-18-30)16-28-25(32)20-5-4-12-29(17-20)24(31)10-14-33-21-6-2-1-3-7-21/h1-3,6-9,11,13,15,18,20H,4-5,10,12,14,16-17H2,(H,28,32). The van der Waals surface area contributed by atoms with Gasteiger partial charge in [-0.2, -0.15) is 0 Å². The average molecular weight is 451 g/mol. The molecule has 1 aromatic heterocycles. The number of imidazole rings is 1. The summed E-state index contributed by atoms with van der Waals surface area (Å²) in [5.74, 6) is -0.0527. The lowest BCUT2D eigenvalue weighted by atomic mass is 9.96. The van der Waals surface area contributed by atoms with E-state index in [9.17, 15) is 14.0 Å². The van der Waals surface area contributed by atoms with E-state index in [0.717, 1.165) is 18.6 Å². The summed E-state index contributed by atoms with van der Waals surface area (Å²) in [4.78, 5) is 30.9. The molecule has 1 unspecified atom stereocenters. The summed E-state index contributed by atoms with van der Waals surface area (Å²) in [6, 6.07) is 14.2. The smallest absolute Gasteiger partial charge is 0.226 e. The van der Waals surface area contributed by atoms with Gasteiger partial charge in [-0.15, -0.1) is 0 Å². The summed E-state index contributed by atoms with van der Waals surface area (Å²) in [6.45, 7) is 1.57. The molecule has 2 heterocycles. The molecule has 0 radical (unpaired) electrons. The molecule has 1 aliphatic heterocycles. The van der Waals surface area contributed by atoms with Crippen molar-refractivity contribution in [3.63, 3.8) is 0 Å². The minimum atomic E-state index is -0.382. The van der Waals surface area contributed by atoms with Crippen molar-refractivity contribution in [2.24, 2.45) is 5.92 Å². The van der Waals surface area contributed by atoms with Gasteiger partial charge < -0.3 is 19.5 Å². The molecular weight excluding hydrogens is 423 g/mol. The largest absolute Gasteiger partial charge is 0.493 e. The first-order chi connectivity index (χ1) is 16.1. The van der Waals surface area contributed by atoms with Crippen molar-refractivity contribution in [2.45, 2.75) is 25.8 Å². The van der Waals surface area contributed by atoms with Crippen LogP contribution in [0.1, 0.15) is 24.8 Å². The maximum absolute atomic E-state index is 14.4. The molecule has 8 heteroatoms. The van der Waals surface area contributed by atoms with Crippen LogP contribution in [-0.2, 0) is 16.1 Å². The third-order valence-electron chi connectivity index (χ3n) is 5.73. The topological polar surface area (TPSA) is 76.5 Å². The van der Waals surface area contributed by atoms with Gasteiger partial charge in [-0.3, -0.25) is 9.59 Å². The van der Waals surface area contributed by atoms with E-state index in [2.05, 4.69) is 10.3 Å². The predicted molar refractivity (Wildman–Crippen MR) is 121 cm³/mol. The van der Waals surface area contributed by atoms with Crippen molar-refractivity contribution in [3.05, 3.63) is 78.6 Å². The van der Waals surface area contributed by atoms with Crippen molar-refractivity contribution in [3.8, 4) is 11.4 Å². The van der Waals surface area contributed by atoms with Gasteiger partial charge in [0, 0.05) is 32.0 Å². The fourth-order valence-electron chi connectivity index (χ4n) is 3.95. The Kier molecular flexibility index (Phi) is 7.34. The van der Waals surface area contributed by atoms with Gasteiger partial charge in [-0.25, -0.2) is 9.37 Å². The van der Waals surface area contributed by atoms with E-state index in [1.54, 1.807) is 34.0 Å². The van der Waals surface area contributed by atoms with Crippen LogP contribution in [-0.4, -0.2) is 46.0 Å².